The highest BCUT2D eigenvalue weighted by atomic mass is 16.6. The van der Waals surface area contributed by atoms with Crippen LogP contribution in [-0.4, -0.2) is 35.5 Å². The van der Waals surface area contributed by atoms with Gasteiger partial charge in [0.05, 0.1) is 6.54 Å². The van der Waals surface area contributed by atoms with E-state index in [4.69, 9.17) is 4.74 Å². The molecule has 2 aliphatic heterocycles. The van der Waals surface area contributed by atoms with E-state index in [-0.39, 0.29) is 18.0 Å². The van der Waals surface area contributed by atoms with Gasteiger partial charge < -0.3 is 9.64 Å². The Labute approximate surface area is 115 Å². The predicted octanol–water partition coefficient (Wildman–Crippen LogP) is 1.98. The fourth-order valence-corrected chi connectivity index (χ4v) is 3.14. The Kier molecular flexibility index (Phi) is 2.33. The summed E-state index contributed by atoms with van der Waals surface area (Å²) >= 11 is 0. The van der Waals surface area contributed by atoms with E-state index < -0.39 is 6.04 Å². The van der Waals surface area contributed by atoms with Gasteiger partial charge in [-0.15, -0.1) is 0 Å². The molecule has 0 N–H and O–H groups in total. The van der Waals surface area contributed by atoms with Crippen molar-refractivity contribution in [1.29, 1.82) is 0 Å². The summed E-state index contributed by atoms with van der Waals surface area (Å²) in [7, 11) is 0. The van der Waals surface area contributed by atoms with E-state index in [9.17, 15) is 9.59 Å². The van der Waals surface area contributed by atoms with Crippen LogP contribution in [0.1, 0.15) is 16.8 Å². The van der Waals surface area contributed by atoms with Gasteiger partial charge in [0, 0.05) is 12.0 Å². The summed E-state index contributed by atoms with van der Waals surface area (Å²) in [5, 5.41) is 1.96. The molecule has 2 atom stereocenters. The zero-order chi connectivity index (χ0) is 13.7. The van der Waals surface area contributed by atoms with Crippen LogP contribution in [0.4, 0.5) is 0 Å². The van der Waals surface area contributed by atoms with Gasteiger partial charge in [0.2, 0.25) is 0 Å². The third-order valence-corrected chi connectivity index (χ3v) is 4.10. The standard InChI is InChI=1S/C16H13NO3/c18-15(17-9-11-8-14(17)16(19)20-11)13-7-3-5-10-4-1-2-6-12(10)13/h1-7,11,14H,8-9H2/t11-,14-/m1/s1. The van der Waals surface area contributed by atoms with Gasteiger partial charge in [0.1, 0.15) is 12.1 Å². The topological polar surface area (TPSA) is 46.6 Å². The summed E-state index contributed by atoms with van der Waals surface area (Å²) in [6.45, 7) is 0.512. The molecule has 2 aromatic rings. The minimum atomic E-state index is -0.397. The van der Waals surface area contributed by atoms with Gasteiger partial charge in [-0.3, -0.25) is 4.79 Å². The van der Waals surface area contributed by atoms with Crippen molar-refractivity contribution in [2.24, 2.45) is 0 Å². The third kappa shape index (κ3) is 1.54. The van der Waals surface area contributed by atoms with Gasteiger partial charge in [-0.1, -0.05) is 36.4 Å². The number of hydrogen-bond acceptors (Lipinski definition) is 3. The number of hydrogen-bond donors (Lipinski definition) is 0. The van der Waals surface area contributed by atoms with E-state index in [1.54, 1.807) is 4.90 Å². The van der Waals surface area contributed by atoms with Crippen LogP contribution in [0, 0.1) is 0 Å². The van der Waals surface area contributed by atoms with E-state index >= 15 is 0 Å². The van der Waals surface area contributed by atoms with Gasteiger partial charge >= 0.3 is 5.97 Å². The normalized spacial score (nSPS) is 24.2. The molecule has 1 amide bonds. The molecule has 4 heteroatoms. The minimum absolute atomic E-state index is 0.0778. The molecular weight excluding hydrogens is 254 g/mol. The monoisotopic (exact) mass is 267 g/mol. The number of likely N-dealkylation sites (tertiary alicyclic amines) is 1. The van der Waals surface area contributed by atoms with Gasteiger partial charge in [-0.2, -0.15) is 0 Å². The molecule has 0 spiro atoms. The fraction of sp³-hybridized carbons (Fsp3) is 0.250. The van der Waals surface area contributed by atoms with Gasteiger partial charge in [-0.25, -0.2) is 4.79 Å². The van der Waals surface area contributed by atoms with E-state index in [0.717, 1.165) is 10.8 Å². The molecule has 100 valence electrons. The number of ether oxygens (including phenoxy) is 1. The number of carbonyl (C=O) groups excluding carboxylic acids is 2. The highest BCUT2D eigenvalue weighted by Crippen LogP contribution is 2.31. The summed E-state index contributed by atoms with van der Waals surface area (Å²) in [5.41, 5.74) is 0.656. The summed E-state index contributed by atoms with van der Waals surface area (Å²) in [6, 6.07) is 13.1. The summed E-state index contributed by atoms with van der Waals surface area (Å²) < 4.78 is 5.13. The van der Waals surface area contributed by atoms with E-state index in [0.29, 0.717) is 18.5 Å². The zero-order valence-electron chi connectivity index (χ0n) is 10.8. The first-order chi connectivity index (χ1) is 9.74. The molecule has 2 fully saturated rings. The molecule has 0 aliphatic carbocycles. The van der Waals surface area contributed by atoms with Gasteiger partial charge in [0.15, 0.2) is 0 Å². The Bertz CT molecular complexity index is 719. The van der Waals surface area contributed by atoms with E-state index in [1.807, 2.05) is 42.5 Å². The second-order valence-electron chi connectivity index (χ2n) is 5.29. The molecule has 2 saturated heterocycles. The lowest BCUT2D eigenvalue weighted by molar-refractivity contribution is -0.149. The highest BCUT2D eigenvalue weighted by Gasteiger charge is 2.48. The number of carbonyl (C=O) groups is 2. The lowest BCUT2D eigenvalue weighted by atomic mass is 10.0. The van der Waals surface area contributed by atoms with Crippen LogP contribution in [0.15, 0.2) is 42.5 Å². The molecule has 4 rings (SSSR count). The Morgan fingerprint density at radius 2 is 1.95 bits per heavy atom. The molecule has 2 aromatic carbocycles. The van der Waals surface area contributed by atoms with Crippen molar-refractivity contribution in [2.75, 3.05) is 6.54 Å². The van der Waals surface area contributed by atoms with Crippen LogP contribution in [0.25, 0.3) is 10.8 Å². The molecule has 4 nitrogen and oxygen atoms in total. The number of fused-ring (bicyclic) bond motifs is 3. The number of morpholine rings is 1. The molecule has 0 radical (unpaired) electrons. The maximum Gasteiger partial charge on any atom is 0.329 e. The van der Waals surface area contributed by atoms with Crippen LogP contribution in [0.3, 0.4) is 0 Å². The van der Waals surface area contributed by atoms with Crippen LogP contribution in [0.2, 0.25) is 0 Å². The Balaban J connectivity index is 1.76. The van der Waals surface area contributed by atoms with Crippen molar-refractivity contribution in [3.63, 3.8) is 0 Å². The van der Waals surface area contributed by atoms with Crippen molar-refractivity contribution < 1.29 is 14.3 Å². The first-order valence-corrected chi connectivity index (χ1v) is 6.73. The number of rotatable bonds is 1. The Morgan fingerprint density at radius 1 is 1.15 bits per heavy atom. The SMILES string of the molecule is O=C1O[C@@H]2C[C@H]1N(C(=O)c1cccc3ccccc13)C2. The average Bonchev–Trinajstić information content (AvgIpc) is 3.05. The largest absolute Gasteiger partial charge is 0.459 e. The van der Waals surface area contributed by atoms with E-state index in [2.05, 4.69) is 0 Å². The summed E-state index contributed by atoms with van der Waals surface area (Å²) in [5.74, 6) is -0.346. The maximum atomic E-state index is 12.7. The Hall–Kier alpha value is -2.36. The second kappa shape index (κ2) is 4.07. The first-order valence-electron chi connectivity index (χ1n) is 6.73. The van der Waals surface area contributed by atoms with Crippen molar-refractivity contribution >= 4 is 22.6 Å². The van der Waals surface area contributed by atoms with Crippen molar-refractivity contribution in [3.05, 3.63) is 48.0 Å². The molecule has 2 heterocycles. The molecule has 2 bridgehead atoms. The number of amides is 1. The van der Waals surface area contributed by atoms with E-state index in [1.165, 1.54) is 0 Å². The van der Waals surface area contributed by atoms with Crippen molar-refractivity contribution in [2.45, 2.75) is 18.6 Å². The summed E-state index contributed by atoms with van der Waals surface area (Å²) in [4.78, 5) is 26.0. The first kappa shape index (κ1) is 11.5. The zero-order valence-corrected chi connectivity index (χ0v) is 10.8. The molecule has 2 aliphatic rings. The second-order valence-corrected chi connectivity index (χ2v) is 5.29. The van der Waals surface area contributed by atoms with Crippen LogP contribution in [-0.2, 0) is 9.53 Å². The number of nitrogens with zero attached hydrogens (tertiary/aromatic N) is 1. The Morgan fingerprint density at radius 3 is 2.75 bits per heavy atom. The van der Waals surface area contributed by atoms with Crippen molar-refractivity contribution in [1.82, 2.24) is 4.90 Å². The fourth-order valence-electron chi connectivity index (χ4n) is 3.14. The minimum Gasteiger partial charge on any atom is -0.459 e. The molecule has 0 saturated carbocycles. The average molecular weight is 267 g/mol. The number of benzene rings is 2. The quantitative estimate of drug-likeness (QED) is 0.742. The third-order valence-electron chi connectivity index (χ3n) is 4.10. The number of esters is 1. The maximum absolute atomic E-state index is 12.7. The smallest absolute Gasteiger partial charge is 0.329 e. The molecule has 20 heavy (non-hydrogen) atoms. The highest BCUT2D eigenvalue weighted by molar-refractivity contribution is 6.08. The van der Waals surface area contributed by atoms with Crippen LogP contribution < -0.4 is 0 Å². The summed E-state index contributed by atoms with van der Waals surface area (Å²) in [6.07, 6.45) is 0.515. The van der Waals surface area contributed by atoms with Crippen molar-refractivity contribution in [3.8, 4) is 0 Å². The van der Waals surface area contributed by atoms with Crippen LogP contribution >= 0.6 is 0 Å². The lowest BCUT2D eigenvalue weighted by Gasteiger charge is -2.26. The molecule has 0 aromatic heterocycles. The molecule has 0 unspecified atom stereocenters. The molecular formula is C16H13NO3. The van der Waals surface area contributed by atoms with Gasteiger partial charge in [0.25, 0.3) is 5.91 Å². The lowest BCUT2D eigenvalue weighted by Crippen LogP contribution is -2.44. The van der Waals surface area contributed by atoms with Gasteiger partial charge in [-0.05, 0) is 16.8 Å². The predicted molar refractivity (Wildman–Crippen MR) is 73.3 cm³/mol. The van der Waals surface area contributed by atoms with Crippen LogP contribution in [0.5, 0.6) is 0 Å².